The van der Waals surface area contributed by atoms with Crippen molar-refractivity contribution in [2.45, 2.75) is 33.6 Å². The van der Waals surface area contributed by atoms with Crippen molar-refractivity contribution in [3.8, 4) is 0 Å². The summed E-state index contributed by atoms with van der Waals surface area (Å²) >= 11 is 0. The first-order valence-corrected chi connectivity index (χ1v) is 9.50. The Morgan fingerprint density at radius 2 is 1.88 bits per heavy atom. The van der Waals surface area contributed by atoms with Crippen LogP contribution in [0.15, 0.2) is 36.5 Å². The largest absolute Gasteiger partial charge is 0.372 e. The first kappa shape index (κ1) is 18.2. The zero-order chi connectivity index (χ0) is 18.5. The SMILES string of the molecule is CCN(CC)c1ccc(Nc2ccc(C(=O)N3CCCC3)cn2)c(C)c1. The summed E-state index contributed by atoms with van der Waals surface area (Å²) in [5, 5.41) is 3.36. The number of carbonyl (C=O) groups excluding carboxylic acids is 1. The molecule has 3 rings (SSSR count). The Morgan fingerprint density at radius 3 is 2.46 bits per heavy atom. The fraction of sp³-hybridized carbons (Fsp3) is 0.429. The van der Waals surface area contributed by atoms with Gasteiger partial charge in [-0.25, -0.2) is 4.98 Å². The minimum absolute atomic E-state index is 0.0845. The minimum Gasteiger partial charge on any atom is -0.372 e. The Morgan fingerprint density at radius 1 is 1.15 bits per heavy atom. The van der Waals surface area contributed by atoms with Crippen molar-refractivity contribution in [2.75, 3.05) is 36.4 Å². The molecule has 0 radical (unpaired) electrons. The molecule has 1 aromatic carbocycles. The van der Waals surface area contributed by atoms with Crippen LogP contribution in [0.25, 0.3) is 0 Å². The van der Waals surface area contributed by atoms with Gasteiger partial charge in [0.2, 0.25) is 0 Å². The zero-order valence-electron chi connectivity index (χ0n) is 16.0. The van der Waals surface area contributed by atoms with Gasteiger partial charge in [-0.1, -0.05) is 0 Å². The molecule has 1 aliphatic heterocycles. The Labute approximate surface area is 156 Å². The molecule has 1 aromatic heterocycles. The van der Waals surface area contributed by atoms with Crippen molar-refractivity contribution in [1.29, 1.82) is 0 Å². The predicted octanol–water partition coefficient (Wildman–Crippen LogP) is 4.22. The highest BCUT2D eigenvalue weighted by molar-refractivity contribution is 5.94. The van der Waals surface area contributed by atoms with Crippen molar-refractivity contribution in [2.24, 2.45) is 0 Å². The van der Waals surface area contributed by atoms with Crippen LogP contribution in [0.4, 0.5) is 17.2 Å². The maximum Gasteiger partial charge on any atom is 0.255 e. The van der Waals surface area contributed by atoms with Gasteiger partial charge in [-0.2, -0.15) is 0 Å². The molecule has 0 bridgehead atoms. The second kappa shape index (κ2) is 8.21. The van der Waals surface area contributed by atoms with E-state index in [9.17, 15) is 4.79 Å². The number of benzene rings is 1. The van der Waals surface area contributed by atoms with Crippen molar-refractivity contribution >= 4 is 23.1 Å². The first-order valence-electron chi connectivity index (χ1n) is 9.50. The van der Waals surface area contributed by atoms with E-state index in [1.807, 2.05) is 17.0 Å². The molecule has 1 N–H and O–H groups in total. The van der Waals surface area contributed by atoms with Gasteiger partial charge in [0.15, 0.2) is 0 Å². The number of amides is 1. The number of aromatic nitrogens is 1. The third-order valence-corrected chi connectivity index (χ3v) is 5.01. The van der Waals surface area contributed by atoms with Gasteiger partial charge in [-0.05, 0) is 69.5 Å². The van der Waals surface area contributed by atoms with Gasteiger partial charge in [0.1, 0.15) is 5.82 Å². The van der Waals surface area contributed by atoms with Crippen LogP contribution in [0, 0.1) is 6.92 Å². The number of rotatable bonds is 6. The lowest BCUT2D eigenvalue weighted by molar-refractivity contribution is 0.0792. The molecular weight excluding hydrogens is 324 g/mol. The highest BCUT2D eigenvalue weighted by Crippen LogP contribution is 2.25. The lowest BCUT2D eigenvalue weighted by atomic mass is 10.1. The summed E-state index contributed by atoms with van der Waals surface area (Å²) in [4.78, 5) is 21.0. The predicted molar refractivity (Wildman–Crippen MR) is 107 cm³/mol. The van der Waals surface area contributed by atoms with Crippen molar-refractivity contribution < 1.29 is 4.79 Å². The first-order chi connectivity index (χ1) is 12.6. The summed E-state index contributed by atoms with van der Waals surface area (Å²) < 4.78 is 0. The van der Waals surface area contributed by atoms with Gasteiger partial charge in [0.05, 0.1) is 5.56 Å². The summed E-state index contributed by atoms with van der Waals surface area (Å²) in [6.07, 6.45) is 3.87. The summed E-state index contributed by atoms with van der Waals surface area (Å²) in [7, 11) is 0. The molecule has 1 aliphatic rings. The molecule has 0 spiro atoms. The maximum atomic E-state index is 12.4. The highest BCUT2D eigenvalue weighted by Gasteiger charge is 2.19. The van der Waals surface area contributed by atoms with Gasteiger partial charge in [0.25, 0.3) is 5.91 Å². The molecule has 1 saturated heterocycles. The molecule has 0 aliphatic carbocycles. The lowest BCUT2D eigenvalue weighted by Gasteiger charge is -2.22. The van der Waals surface area contributed by atoms with E-state index in [1.54, 1.807) is 6.20 Å². The van der Waals surface area contributed by atoms with E-state index in [0.29, 0.717) is 5.56 Å². The Hall–Kier alpha value is -2.56. The molecule has 2 aromatic rings. The normalized spacial score (nSPS) is 13.7. The average Bonchev–Trinajstić information content (AvgIpc) is 3.19. The van der Waals surface area contributed by atoms with E-state index in [2.05, 4.69) is 54.2 Å². The average molecular weight is 352 g/mol. The number of nitrogens with one attached hydrogen (secondary N) is 1. The summed E-state index contributed by atoms with van der Waals surface area (Å²) in [5.74, 6) is 0.836. The molecule has 0 atom stereocenters. The number of hydrogen-bond donors (Lipinski definition) is 1. The Bertz CT molecular complexity index is 747. The maximum absolute atomic E-state index is 12.4. The Balaban J connectivity index is 1.70. The number of pyridine rings is 1. The van der Waals surface area contributed by atoms with Gasteiger partial charge >= 0.3 is 0 Å². The Kier molecular flexibility index (Phi) is 5.76. The summed E-state index contributed by atoms with van der Waals surface area (Å²) in [6, 6.07) is 10.2. The van der Waals surface area contributed by atoms with E-state index >= 15 is 0 Å². The number of nitrogens with zero attached hydrogens (tertiary/aromatic N) is 3. The van der Waals surface area contributed by atoms with Crippen molar-refractivity contribution in [3.63, 3.8) is 0 Å². The number of hydrogen-bond acceptors (Lipinski definition) is 4. The van der Waals surface area contributed by atoms with E-state index in [4.69, 9.17) is 0 Å². The second-order valence-corrected chi connectivity index (χ2v) is 6.73. The monoisotopic (exact) mass is 352 g/mol. The van der Waals surface area contributed by atoms with Crippen molar-refractivity contribution in [1.82, 2.24) is 9.88 Å². The molecule has 5 heteroatoms. The van der Waals surface area contributed by atoms with E-state index in [-0.39, 0.29) is 5.91 Å². The van der Waals surface area contributed by atoms with Crippen LogP contribution in [0.5, 0.6) is 0 Å². The molecule has 26 heavy (non-hydrogen) atoms. The second-order valence-electron chi connectivity index (χ2n) is 6.73. The number of anilines is 3. The highest BCUT2D eigenvalue weighted by atomic mass is 16.2. The third kappa shape index (κ3) is 3.98. The van der Waals surface area contributed by atoms with Crippen LogP contribution in [0.1, 0.15) is 42.6 Å². The zero-order valence-corrected chi connectivity index (χ0v) is 16.0. The van der Waals surface area contributed by atoms with Crippen molar-refractivity contribution in [3.05, 3.63) is 47.7 Å². The lowest BCUT2D eigenvalue weighted by Crippen LogP contribution is -2.27. The van der Waals surface area contributed by atoms with Gasteiger partial charge < -0.3 is 15.1 Å². The topological polar surface area (TPSA) is 48.5 Å². The van der Waals surface area contributed by atoms with E-state index < -0.39 is 0 Å². The van der Waals surface area contributed by atoms with Crippen LogP contribution in [0.2, 0.25) is 0 Å². The molecule has 1 amide bonds. The molecule has 0 saturated carbocycles. The molecule has 5 nitrogen and oxygen atoms in total. The summed E-state index contributed by atoms with van der Waals surface area (Å²) in [5.41, 5.74) is 4.10. The van der Waals surface area contributed by atoms with Gasteiger partial charge in [0, 0.05) is 43.8 Å². The van der Waals surface area contributed by atoms with Crippen LogP contribution in [0.3, 0.4) is 0 Å². The number of aryl methyl sites for hydroxylation is 1. The summed E-state index contributed by atoms with van der Waals surface area (Å²) in [6.45, 7) is 10.1. The number of likely N-dealkylation sites (tertiary alicyclic amines) is 1. The molecular formula is C21H28N4O. The van der Waals surface area contributed by atoms with Crippen LogP contribution in [-0.4, -0.2) is 42.0 Å². The van der Waals surface area contributed by atoms with Gasteiger partial charge in [-0.3, -0.25) is 4.79 Å². The van der Waals surface area contributed by atoms with Crippen LogP contribution in [-0.2, 0) is 0 Å². The quantitative estimate of drug-likeness (QED) is 0.846. The fourth-order valence-corrected chi connectivity index (χ4v) is 3.41. The molecule has 1 fully saturated rings. The van der Waals surface area contributed by atoms with Crippen LogP contribution < -0.4 is 10.2 Å². The number of carbonyl (C=O) groups is 1. The fourth-order valence-electron chi connectivity index (χ4n) is 3.41. The van der Waals surface area contributed by atoms with Crippen LogP contribution >= 0.6 is 0 Å². The molecule has 138 valence electrons. The molecule has 2 heterocycles. The minimum atomic E-state index is 0.0845. The standard InChI is InChI=1S/C21H28N4O/c1-4-24(5-2)18-9-10-19(16(3)14-18)23-20-11-8-17(15-22-20)21(26)25-12-6-7-13-25/h8-11,14-15H,4-7,12-13H2,1-3H3,(H,22,23). The smallest absolute Gasteiger partial charge is 0.255 e. The van der Waals surface area contributed by atoms with E-state index in [1.165, 1.54) is 11.3 Å². The van der Waals surface area contributed by atoms with E-state index in [0.717, 1.165) is 50.5 Å². The third-order valence-electron chi connectivity index (χ3n) is 5.01. The molecule has 0 unspecified atom stereocenters. The van der Waals surface area contributed by atoms with Gasteiger partial charge in [-0.15, -0.1) is 0 Å².